The van der Waals surface area contributed by atoms with Crippen LogP contribution in [0.2, 0.25) is 0 Å². The van der Waals surface area contributed by atoms with E-state index in [0.717, 1.165) is 22.8 Å². The molecular formula is C25H34N4O2. The minimum Gasteiger partial charge on any atom is -0.353 e. The number of nitrogens with one attached hydrogen (secondary N) is 3. The molecule has 3 N–H and O–H groups in total. The fourth-order valence-electron chi connectivity index (χ4n) is 4.05. The normalized spacial score (nSPS) is 12.6. The molecule has 2 aromatic carbocycles. The van der Waals surface area contributed by atoms with E-state index in [-0.39, 0.29) is 30.3 Å². The number of hydrogen-bond donors (Lipinski definition) is 3. The summed E-state index contributed by atoms with van der Waals surface area (Å²) in [6, 6.07) is 14.9. The predicted molar refractivity (Wildman–Crippen MR) is 124 cm³/mol. The highest BCUT2D eigenvalue weighted by Gasteiger charge is 2.29. The minimum atomic E-state index is -0.745. The molecule has 0 bridgehead atoms. The van der Waals surface area contributed by atoms with Crippen LogP contribution < -0.4 is 16.0 Å². The number of nitrogens with zero attached hydrogens (tertiary/aromatic N) is 1. The highest BCUT2D eigenvalue weighted by Crippen LogP contribution is 2.26. The number of rotatable bonds is 8. The molecule has 31 heavy (non-hydrogen) atoms. The highest BCUT2D eigenvalue weighted by molar-refractivity contribution is 5.88. The van der Waals surface area contributed by atoms with Gasteiger partial charge in [-0.2, -0.15) is 5.26 Å². The summed E-state index contributed by atoms with van der Waals surface area (Å²) in [7, 11) is 0. The number of nitriles is 1. The van der Waals surface area contributed by atoms with E-state index in [1.165, 1.54) is 0 Å². The van der Waals surface area contributed by atoms with Gasteiger partial charge in [-0.15, -0.1) is 0 Å². The zero-order chi connectivity index (χ0) is 23.1. The van der Waals surface area contributed by atoms with Crippen molar-refractivity contribution in [1.82, 2.24) is 16.0 Å². The van der Waals surface area contributed by atoms with Gasteiger partial charge < -0.3 is 16.0 Å². The molecule has 6 nitrogen and oxygen atoms in total. The topological polar surface area (TPSA) is 94.0 Å². The molecule has 0 saturated heterocycles. The first-order valence-electron chi connectivity index (χ1n) is 10.7. The Hall–Kier alpha value is -3.07. The smallest absolute Gasteiger partial charge is 0.315 e. The van der Waals surface area contributed by atoms with E-state index < -0.39 is 11.6 Å². The van der Waals surface area contributed by atoms with Gasteiger partial charge in [0.2, 0.25) is 5.91 Å². The number of amides is 3. The van der Waals surface area contributed by atoms with Gasteiger partial charge in [-0.05, 0) is 42.0 Å². The summed E-state index contributed by atoms with van der Waals surface area (Å²) in [5.74, 6) is -0.299. The Morgan fingerprint density at radius 2 is 1.71 bits per heavy atom. The third-order valence-corrected chi connectivity index (χ3v) is 4.84. The number of urea groups is 1. The van der Waals surface area contributed by atoms with E-state index >= 15 is 0 Å². The zero-order valence-corrected chi connectivity index (χ0v) is 19.2. The second-order valence-electron chi connectivity index (χ2n) is 9.86. The molecule has 0 spiro atoms. The lowest BCUT2D eigenvalue weighted by Gasteiger charge is -2.33. The summed E-state index contributed by atoms with van der Waals surface area (Å²) in [5.41, 5.74) is 0.580. The van der Waals surface area contributed by atoms with Gasteiger partial charge >= 0.3 is 6.03 Å². The van der Waals surface area contributed by atoms with Crippen molar-refractivity contribution in [2.45, 2.75) is 65.5 Å². The van der Waals surface area contributed by atoms with Crippen LogP contribution in [0.3, 0.4) is 0 Å². The molecule has 166 valence electrons. The Balaban J connectivity index is 2.14. The largest absolute Gasteiger partial charge is 0.353 e. The molecule has 1 unspecified atom stereocenters. The average Bonchev–Trinajstić information content (AvgIpc) is 2.65. The van der Waals surface area contributed by atoms with Crippen LogP contribution in [0.15, 0.2) is 42.5 Å². The molecule has 0 aliphatic carbocycles. The number of fused-ring (bicyclic) bond motifs is 1. The molecule has 2 rings (SSSR count). The lowest BCUT2D eigenvalue weighted by molar-refractivity contribution is -0.122. The van der Waals surface area contributed by atoms with Crippen LogP contribution in [0, 0.1) is 16.7 Å². The van der Waals surface area contributed by atoms with Gasteiger partial charge in [0.05, 0.1) is 12.5 Å². The Morgan fingerprint density at radius 1 is 1.03 bits per heavy atom. The van der Waals surface area contributed by atoms with E-state index in [0.29, 0.717) is 6.42 Å². The van der Waals surface area contributed by atoms with E-state index in [2.05, 4.69) is 36.7 Å². The maximum atomic E-state index is 12.8. The molecule has 2 aromatic rings. The van der Waals surface area contributed by atoms with Crippen molar-refractivity contribution in [3.8, 4) is 6.07 Å². The van der Waals surface area contributed by atoms with Crippen LogP contribution in [0.4, 0.5) is 4.79 Å². The number of benzene rings is 2. The standard InChI is InChI=1S/C25H34N4O2/c1-24(2,3)17-25(4,5)29-23(31)28-21(22(30)27-14-8-13-26)16-18-11-12-19-9-6-7-10-20(19)15-18/h6-7,9-12,15,21H,8,14,16-17H2,1-5H3,(H,27,30)(H2,28,29,31). The SMILES string of the molecule is CC(C)(C)CC(C)(C)NC(=O)NC(Cc1ccc2ccccc2c1)C(=O)NCCC#N. The molecule has 3 amide bonds. The first kappa shape index (κ1) is 24.2. The minimum absolute atomic E-state index is 0.0515. The van der Waals surface area contributed by atoms with Crippen molar-refractivity contribution in [3.63, 3.8) is 0 Å². The Kier molecular flexibility index (Phi) is 8.04. The summed E-state index contributed by atoms with van der Waals surface area (Å²) in [6.07, 6.45) is 1.37. The molecule has 0 fully saturated rings. The summed E-state index contributed by atoms with van der Waals surface area (Å²) in [5, 5.41) is 19.5. The van der Waals surface area contributed by atoms with Crippen LogP contribution in [0.25, 0.3) is 10.8 Å². The predicted octanol–water partition coefficient (Wildman–Crippen LogP) is 4.29. The van der Waals surface area contributed by atoms with Crippen molar-refractivity contribution in [2.75, 3.05) is 6.54 Å². The summed E-state index contributed by atoms with van der Waals surface area (Å²) in [6.45, 7) is 10.6. The molecule has 0 aromatic heterocycles. The van der Waals surface area contributed by atoms with Gasteiger partial charge in [-0.25, -0.2) is 4.79 Å². The second kappa shape index (κ2) is 10.3. The van der Waals surface area contributed by atoms with E-state index in [9.17, 15) is 9.59 Å². The summed E-state index contributed by atoms with van der Waals surface area (Å²) >= 11 is 0. The molecule has 0 saturated carbocycles. The van der Waals surface area contributed by atoms with Gasteiger partial charge in [0.25, 0.3) is 0 Å². The van der Waals surface area contributed by atoms with Crippen LogP contribution in [-0.2, 0) is 11.2 Å². The number of carbonyl (C=O) groups is 2. The van der Waals surface area contributed by atoms with Gasteiger partial charge in [-0.3, -0.25) is 4.79 Å². The third kappa shape index (κ3) is 8.29. The Bertz CT molecular complexity index is 954. The lowest BCUT2D eigenvalue weighted by Crippen LogP contribution is -2.56. The second-order valence-corrected chi connectivity index (χ2v) is 9.86. The molecule has 6 heteroatoms. The Morgan fingerprint density at radius 3 is 2.35 bits per heavy atom. The fourth-order valence-corrected chi connectivity index (χ4v) is 4.05. The molecule has 0 heterocycles. The van der Waals surface area contributed by atoms with Crippen LogP contribution in [0.5, 0.6) is 0 Å². The van der Waals surface area contributed by atoms with Crippen LogP contribution in [0.1, 0.15) is 53.0 Å². The maximum Gasteiger partial charge on any atom is 0.315 e. The molecule has 1 atom stereocenters. The summed E-state index contributed by atoms with van der Waals surface area (Å²) in [4.78, 5) is 25.5. The average molecular weight is 423 g/mol. The third-order valence-electron chi connectivity index (χ3n) is 4.84. The Labute approximate surface area is 185 Å². The van der Waals surface area contributed by atoms with Gasteiger partial charge in [-0.1, -0.05) is 63.2 Å². The molecule has 0 aliphatic heterocycles. The number of hydrogen-bond acceptors (Lipinski definition) is 3. The van der Waals surface area contributed by atoms with E-state index in [1.807, 2.05) is 62.4 Å². The van der Waals surface area contributed by atoms with Crippen LogP contribution >= 0.6 is 0 Å². The fraction of sp³-hybridized carbons (Fsp3) is 0.480. The monoisotopic (exact) mass is 422 g/mol. The van der Waals surface area contributed by atoms with Gasteiger partial charge in [0, 0.05) is 18.5 Å². The van der Waals surface area contributed by atoms with Gasteiger partial charge in [0.15, 0.2) is 0 Å². The van der Waals surface area contributed by atoms with Crippen molar-refractivity contribution >= 4 is 22.7 Å². The van der Waals surface area contributed by atoms with Gasteiger partial charge in [0.1, 0.15) is 6.04 Å². The molecule has 0 radical (unpaired) electrons. The molecular weight excluding hydrogens is 388 g/mol. The number of carbonyl (C=O) groups excluding carboxylic acids is 2. The maximum absolute atomic E-state index is 12.8. The first-order chi connectivity index (χ1) is 14.5. The highest BCUT2D eigenvalue weighted by atomic mass is 16.2. The van der Waals surface area contributed by atoms with E-state index in [1.54, 1.807) is 0 Å². The van der Waals surface area contributed by atoms with Crippen molar-refractivity contribution in [2.24, 2.45) is 5.41 Å². The zero-order valence-electron chi connectivity index (χ0n) is 19.2. The lowest BCUT2D eigenvalue weighted by atomic mass is 9.82. The van der Waals surface area contributed by atoms with Crippen molar-refractivity contribution in [1.29, 1.82) is 5.26 Å². The van der Waals surface area contributed by atoms with Crippen molar-refractivity contribution < 1.29 is 9.59 Å². The van der Waals surface area contributed by atoms with Crippen LogP contribution in [-0.4, -0.2) is 30.1 Å². The van der Waals surface area contributed by atoms with Crippen molar-refractivity contribution in [3.05, 3.63) is 48.0 Å². The summed E-state index contributed by atoms with van der Waals surface area (Å²) < 4.78 is 0. The first-order valence-corrected chi connectivity index (χ1v) is 10.7. The molecule has 0 aliphatic rings. The quantitative estimate of drug-likeness (QED) is 0.554. The van der Waals surface area contributed by atoms with E-state index in [4.69, 9.17) is 5.26 Å².